The molecule has 1 N–H and O–H groups in total. The van der Waals surface area contributed by atoms with Crippen molar-refractivity contribution in [1.29, 1.82) is 0 Å². The van der Waals surface area contributed by atoms with Gasteiger partial charge < -0.3 is 5.32 Å². The van der Waals surface area contributed by atoms with Gasteiger partial charge in [0.1, 0.15) is 0 Å². The molecule has 3 nitrogen and oxygen atoms in total. The van der Waals surface area contributed by atoms with Crippen molar-refractivity contribution >= 4 is 11.3 Å². The number of aromatic nitrogens is 1. The number of nitrogens with one attached hydrogen (secondary N) is 1. The van der Waals surface area contributed by atoms with E-state index in [1.165, 1.54) is 36.5 Å². The summed E-state index contributed by atoms with van der Waals surface area (Å²) < 4.78 is 0. The predicted molar refractivity (Wildman–Crippen MR) is 73.5 cm³/mol. The lowest BCUT2D eigenvalue weighted by molar-refractivity contribution is 0.290. The summed E-state index contributed by atoms with van der Waals surface area (Å²) >= 11 is 1.81. The average molecular weight is 253 g/mol. The lowest BCUT2D eigenvalue weighted by Crippen LogP contribution is -2.35. The van der Waals surface area contributed by atoms with Crippen LogP contribution in [0.5, 0.6) is 0 Å². The van der Waals surface area contributed by atoms with E-state index >= 15 is 0 Å². The van der Waals surface area contributed by atoms with Gasteiger partial charge in [-0.25, -0.2) is 4.98 Å². The fourth-order valence-corrected chi connectivity index (χ4v) is 3.27. The largest absolute Gasteiger partial charge is 0.313 e. The summed E-state index contributed by atoms with van der Waals surface area (Å²) in [6.45, 7) is 5.52. The van der Waals surface area contributed by atoms with Crippen LogP contribution < -0.4 is 5.32 Å². The first-order valence-corrected chi connectivity index (χ1v) is 7.51. The number of likely N-dealkylation sites (N-methyl/N-ethyl adjacent to an activating group) is 1. The summed E-state index contributed by atoms with van der Waals surface area (Å²) in [5.41, 5.74) is 1.24. The Morgan fingerprint density at radius 1 is 1.59 bits per heavy atom. The second kappa shape index (κ2) is 6.47. The van der Waals surface area contributed by atoms with Gasteiger partial charge in [-0.15, -0.1) is 11.3 Å². The van der Waals surface area contributed by atoms with E-state index in [-0.39, 0.29) is 0 Å². The smallest absolute Gasteiger partial charge is 0.0928 e. The molecule has 0 spiro atoms. The fraction of sp³-hybridized carbons (Fsp3) is 0.769. The molecular weight excluding hydrogens is 230 g/mol. The van der Waals surface area contributed by atoms with Crippen LogP contribution in [0.3, 0.4) is 0 Å². The number of nitrogens with zero attached hydrogens (tertiary/aromatic N) is 2. The van der Waals surface area contributed by atoms with Crippen molar-refractivity contribution in [3.63, 3.8) is 0 Å². The molecule has 2 rings (SSSR count). The molecule has 0 saturated carbocycles. The van der Waals surface area contributed by atoms with E-state index < -0.39 is 0 Å². The highest BCUT2D eigenvalue weighted by atomic mass is 32.1. The first kappa shape index (κ1) is 13.0. The van der Waals surface area contributed by atoms with Gasteiger partial charge in [-0.05, 0) is 39.3 Å². The van der Waals surface area contributed by atoms with Gasteiger partial charge in [0.2, 0.25) is 0 Å². The van der Waals surface area contributed by atoms with Crippen LogP contribution in [0.2, 0.25) is 0 Å². The number of thiazole rings is 1. The summed E-state index contributed by atoms with van der Waals surface area (Å²) in [5.74, 6) is 0. The Hall–Kier alpha value is -0.450. The Labute approximate surface area is 108 Å². The summed E-state index contributed by atoms with van der Waals surface area (Å²) in [6, 6.07) is 0.689. The van der Waals surface area contributed by atoms with E-state index in [4.69, 9.17) is 0 Å². The minimum Gasteiger partial charge on any atom is -0.313 e. The highest BCUT2D eigenvalue weighted by Gasteiger charge is 2.16. The Balaban J connectivity index is 1.78. The molecule has 0 amide bonds. The van der Waals surface area contributed by atoms with Crippen molar-refractivity contribution < 1.29 is 0 Å². The third-order valence-electron chi connectivity index (χ3n) is 3.19. The molecule has 1 saturated heterocycles. The molecule has 17 heavy (non-hydrogen) atoms. The lowest BCUT2D eigenvalue weighted by Gasteiger charge is -2.19. The van der Waals surface area contributed by atoms with Crippen molar-refractivity contribution in [2.24, 2.45) is 0 Å². The van der Waals surface area contributed by atoms with E-state index in [0.717, 1.165) is 19.5 Å². The van der Waals surface area contributed by atoms with Crippen LogP contribution in [-0.4, -0.2) is 36.1 Å². The van der Waals surface area contributed by atoms with Crippen LogP contribution in [-0.2, 0) is 13.0 Å². The second-order valence-electron chi connectivity index (χ2n) is 4.97. The second-order valence-corrected chi connectivity index (χ2v) is 5.92. The summed E-state index contributed by atoms with van der Waals surface area (Å²) in [5, 5.41) is 7.04. The third kappa shape index (κ3) is 4.05. The molecule has 1 aliphatic rings. The van der Waals surface area contributed by atoms with Crippen LogP contribution in [0.25, 0.3) is 0 Å². The van der Waals surface area contributed by atoms with Crippen LogP contribution in [0.4, 0.5) is 0 Å². The summed E-state index contributed by atoms with van der Waals surface area (Å²) in [7, 11) is 2.19. The molecule has 1 aromatic rings. The monoisotopic (exact) mass is 253 g/mol. The van der Waals surface area contributed by atoms with Crippen molar-refractivity contribution in [2.75, 3.05) is 20.1 Å². The normalized spacial score (nSPS) is 20.3. The van der Waals surface area contributed by atoms with Gasteiger partial charge in [0, 0.05) is 24.5 Å². The standard InChI is InChI=1S/C13H23N3S/c1-3-5-13-15-12(10-17-13)9-16(2)8-11-6-4-7-14-11/h10-11,14H,3-9H2,1-2H3. The highest BCUT2D eigenvalue weighted by Crippen LogP contribution is 2.14. The Morgan fingerprint density at radius 2 is 2.47 bits per heavy atom. The maximum absolute atomic E-state index is 4.67. The molecule has 0 aliphatic carbocycles. The van der Waals surface area contributed by atoms with Gasteiger partial charge in [-0.2, -0.15) is 0 Å². The van der Waals surface area contributed by atoms with E-state index in [1.54, 1.807) is 11.3 Å². The quantitative estimate of drug-likeness (QED) is 0.843. The predicted octanol–water partition coefficient (Wildman–Crippen LogP) is 2.28. The zero-order chi connectivity index (χ0) is 12.1. The lowest BCUT2D eigenvalue weighted by atomic mass is 10.2. The first-order valence-electron chi connectivity index (χ1n) is 6.63. The first-order chi connectivity index (χ1) is 8.28. The molecule has 0 aromatic carbocycles. The molecule has 1 aromatic heterocycles. The molecule has 1 fully saturated rings. The highest BCUT2D eigenvalue weighted by molar-refractivity contribution is 7.09. The van der Waals surface area contributed by atoms with Gasteiger partial charge in [0.25, 0.3) is 0 Å². The zero-order valence-electron chi connectivity index (χ0n) is 10.9. The summed E-state index contributed by atoms with van der Waals surface area (Å²) in [4.78, 5) is 7.05. The van der Waals surface area contributed by atoms with Gasteiger partial charge >= 0.3 is 0 Å². The Kier molecular flexibility index (Phi) is 4.95. The average Bonchev–Trinajstić information content (AvgIpc) is 2.91. The van der Waals surface area contributed by atoms with E-state index in [9.17, 15) is 0 Å². The Morgan fingerprint density at radius 3 is 3.18 bits per heavy atom. The van der Waals surface area contributed by atoms with Gasteiger partial charge in [-0.1, -0.05) is 6.92 Å². The minimum atomic E-state index is 0.689. The zero-order valence-corrected chi connectivity index (χ0v) is 11.7. The molecule has 0 radical (unpaired) electrons. The molecular formula is C13H23N3S. The molecule has 96 valence electrons. The summed E-state index contributed by atoms with van der Waals surface area (Å²) in [6.07, 6.45) is 4.96. The number of hydrogen-bond acceptors (Lipinski definition) is 4. The molecule has 4 heteroatoms. The maximum atomic E-state index is 4.67. The van der Waals surface area contributed by atoms with Crippen LogP contribution in [0, 0.1) is 0 Å². The number of rotatable bonds is 6. The number of aryl methyl sites for hydroxylation is 1. The Bertz CT molecular complexity index is 331. The molecule has 1 atom stereocenters. The topological polar surface area (TPSA) is 28.2 Å². The van der Waals surface area contributed by atoms with Crippen LogP contribution >= 0.6 is 11.3 Å². The van der Waals surface area contributed by atoms with E-state index in [1.807, 2.05) is 0 Å². The molecule has 1 unspecified atom stereocenters. The maximum Gasteiger partial charge on any atom is 0.0928 e. The van der Waals surface area contributed by atoms with Gasteiger partial charge in [0.05, 0.1) is 10.7 Å². The SMILES string of the molecule is CCCc1nc(CN(C)CC2CCCN2)cs1. The third-order valence-corrected chi connectivity index (χ3v) is 4.15. The fourth-order valence-electron chi connectivity index (χ4n) is 2.38. The van der Waals surface area contributed by atoms with Crippen molar-refractivity contribution in [3.8, 4) is 0 Å². The van der Waals surface area contributed by atoms with E-state index in [0.29, 0.717) is 6.04 Å². The molecule has 2 heterocycles. The van der Waals surface area contributed by atoms with Crippen LogP contribution in [0.1, 0.15) is 36.9 Å². The van der Waals surface area contributed by atoms with Gasteiger partial charge in [0.15, 0.2) is 0 Å². The molecule has 0 bridgehead atoms. The minimum absolute atomic E-state index is 0.689. The molecule has 1 aliphatic heterocycles. The van der Waals surface area contributed by atoms with Crippen molar-refractivity contribution in [3.05, 3.63) is 16.1 Å². The van der Waals surface area contributed by atoms with Crippen molar-refractivity contribution in [1.82, 2.24) is 15.2 Å². The van der Waals surface area contributed by atoms with Gasteiger partial charge in [-0.3, -0.25) is 4.90 Å². The van der Waals surface area contributed by atoms with Crippen molar-refractivity contribution in [2.45, 2.75) is 45.2 Å². The van der Waals surface area contributed by atoms with Crippen LogP contribution in [0.15, 0.2) is 5.38 Å². The van der Waals surface area contributed by atoms with E-state index in [2.05, 4.69) is 34.6 Å². The number of hydrogen-bond donors (Lipinski definition) is 1.